The molecule has 0 aliphatic carbocycles. The number of rotatable bonds is 3. The van der Waals surface area contributed by atoms with Gasteiger partial charge in [0, 0.05) is 0 Å². The smallest absolute Gasteiger partial charge is 0.129 e. The van der Waals surface area contributed by atoms with E-state index in [0.717, 1.165) is 10.5 Å². The highest BCUT2D eigenvalue weighted by Crippen LogP contribution is 2.14. The molecule has 0 saturated carbocycles. The average molecular weight is 216 g/mol. The molecule has 0 saturated heterocycles. The first kappa shape index (κ1) is 13.6. The van der Waals surface area contributed by atoms with Gasteiger partial charge >= 0.3 is 0 Å². The van der Waals surface area contributed by atoms with Crippen molar-refractivity contribution in [1.29, 1.82) is 0 Å². The minimum Gasteiger partial charge on any atom is -0.467 e. The van der Waals surface area contributed by atoms with E-state index in [0.29, 0.717) is 5.76 Å². The molecule has 82 valence electrons. The summed E-state index contributed by atoms with van der Waals surface area (Å²) in [5, 5.41) is 9.92. The zero-order chi connectivity index (χ0) is 11.0. The molecule has 2 nitrogen and oxygen atoms in total. The minimum atomic E-state index is -0.00694. The highest BCUT2D eigenvalue weighted by atomic mass is 32.2. The molecule has 1 rings (SSSR count). The van der Waals surface area contributed by atoms with Crippen LogP contribution in [0.2, 0.25) is 0 Å². The van der Waals surface area contributed by atoms with Crippen LogP contribution in [-0.2, 0) is 6.61 Å². The third-order valence-electron chi connectivity index (χ3n) is 1.28. The Bertz CT molecular complexity index is 199. The molecule has 0 radical (unpaired) electrons. The second kappa shape index (κ2) is 7.94. The summed E-state index contributed by atoms with van der Waals surface area (Å²) in [5.74, 6) is 0.611. The van der Waals surface area contributed by atoms with E-state index in [2.05, 4.69) is 27.7 Å². The van der Waals surface area contributed by atoms with E-state index in [4.69, 9.17) is 9.52 Å². The summed E-state index contributed by atoms with van der Waals surface area (Å²) in [6.07, 6.45) is 1.53. The van der Waals surface area contributed by atoms with Crippen LogP contribution in [-0.4, -0.2) is 15.6 Å². The molecule has 1 aromatic rings. The van der Waals surface area contributed by atoms with Crippen molar-refractivity contribution in [3.8, 4) is 0 Å². The standard InChI is InChI=1S/C6H14S.C5H6O2/c1-5(2)7-6(3)4;6-4-5-2-1-3-7-5/h5-6H,1-4H3;1-3,6H,4H2. The topological polar surface area (TPSA) is 33.4 Å². The lowest BCUT2D eigenvalue weighted by molar-refractivity contribution is 0.247. The number of aliphatic hydroxyl groups is 1. The van der Waals surface area contributed by atoms with Gasteiger partial charge in [-0.3, -0.25) is 0 Å². The molecule has 3 heteroatoms. The second-order valence-corrected chi connectivity index (χ2v) is 5.63. The molecule has 1 heterocycles. The molecule has 0 atom stereocenters. The first-order valence-corrected chi connectivity index (χ1v) is 5.79. The third kappa shape index (κ3) is 8.20. The summed E-state index contributed by atoms with van der Waals surface area (Å²) in [7, 11) is 0. The predicted molar refractivity (Wildman–Crippen MR) is 62.5 cm³/mol. The molecule has 0 aromatic carbocycles. The lowest BCUT2D eigenvalue weighted by Crippen LogP contribution is -1.94. The van der Waals surface area contributed by atoms with Crippen molar-refractivity contribution < 1.29 is 9.52 Å². The first-order chi connectivity index (χ1) is 6.56. The molecule has 0 unspecified atom stereocenters. The summed E-state index contributed by atoms with van der Waals surface area (Å²) in [6.45, 7) is 8.90. The Morgan fingerprint density at radius 3 is 2.00 bits per heavy atom. The number of hydrogen-bond donors (Lipinski definition) is 1. The zero-order valence-electron chi connectivity index (χ0n) is 9.36. The van der Waals surface area contributed by atoms with E-state index >= 15 is 0 Å². The van der Waals surface area contributed by atoms with Gasteiger partial charge in [0.1, 0.15) is 12.4 Å². The van der Waals surface area contributed by atoms with Gasteiger partial charge in [0.2, 0.25) is 0 Å². The normalized spacial score (nSPS) is 10.2. The molecule has 0 bridgehead atoms. The SMILES string of the molecule is CC(C)SC(C)C.OCc1ccco1. The minimum absolute atomic E-state index is 0.00694. The molecule has 14 heavy (non-hydrogen) atoms. The van der Waals surface area contributed by atoms with Crippen LogP contribution in [0.5, 0.6) is 0 Å². The maximum absolute atomic E-state index is 8.33. The Balaban J connectivity index is 0.000000241. The van der Waals surface area contributed by atoms with E-state index in [1.807, 2.05) is 11.8 Å². The van der Waals surface area contributed by atoms with Crippen molar-refractivity contribution in [1.82, 2.24) is 0 Å². The summed E-state index contributed by atoms with van der Waals surface area (Å²) in [6, 6.07) is 3.46. The van der Waals surface area contributed by atoms with Crippen LogP contribution in [0.4, 0.5) is 0 Å². The third-order valence-corrected chi connectivity index (χ3v) is 2.37. The molecule has 0 spiro atoms. The summed E-state index contributed by atoms with van der Waals surface area (Å²) in [4.78, 5) is 0. The molecular weight excluding hydrogens is 196 g/mol. The van der Waals surface area contributed by atoms with Gasteiger partial charge in [-0.15, -0.1) is 0 Å². The van der Waals surface area contributed by atoms with E-state index in [1.165, 1.54) is 6.26 Å². The average Bonchev–Trinajstić information content (AvgIpc) is 2.53. The van der Waals surface area contributed by atoms with Crippen molar-refractivity contribution in [2.75, 3.05) is 0 Å². The van der Waals surface area contributed by atoms with E-state index in [1.54, 1.807) is 12.1 Å². The number of aliphatic hydroxyl groups excluding tert-OH is 1. The monoisotopic (exact) mass is 216 g/mol. The molecule has 1 aromatic heterocycles. The van der Waals surface area contributed by atoms with Crippen molar-refractivity contribution in [2.45, 2.75) is 44.8 Å². The summed E-state index contributed by atoms with van der Waals surface area (Å²) < 4.78 is 4.73. The molecular formula is C11H20O2S. The fraction of sp³-hybridized carbons (Fsp3) is 0.636. The van der Waals surface area contributed by atoms with Crippen LogP contribution < -0.4 is 0 Å². The van der Waals surface area contributed by atoms with Crippen LogP contribution in [0, 0.1) is 0 Å². The highest BCUT2D eigenvalue weighted by molar-refractivity contribution is 8.00. The quantitative estimate of drug-likeness (QED) is 0.841. The van der Waals surface area contributed by atoms with Gasteiger partial charge in [-0.2, -0.15) is 11.8 Å². The van der Waals surface area contributed by atoms with E-state index < -0.39 is 0 Å². The first-order valence-electron chi connectivity index (χ1n) is 4.85. The molecule has 1 N–H and O–H groups in total. The molecule has 0 aliphatic rings. The van der Waals surface area contributed by atoms with Crippen LogP contribution >= 0.6 is 11.8 Å². The lowest BCUT2D eigenvalue weighted by Gasteiger charge is -2.05. The molecule has 0 amide bonds. The molecule has 0 fully saturated rings. The van der Waals surface area contributed by atoms with Gasteiger partial charge in [-0.1, -0.05) is 27.7 Å². The number of thioether (sulfide) groups is 1. The highest BCUT2D eigenvalue weighted by Gasteiger charge is 1.95. The van der Waals surface area contributed by atoms with Gasteiger partial charge in [0.25, 0.3) is 0 Å². The van der Waals surface area contributed by atoms with Crippen LogP contribution in [0.1, 0.15) is 33.5 Å². The van der Waals surface area contributed by atoms with Gasteiger partial charge in [0.15, 0.2) is 0 Å². The zero-order valence-corrected chi connectivity index (χ0v) is 10.2. The van der Waals surface area contributed by atoms with Gasteiger partial charge in [-0.05, 0) is 22.6 Å². The van der Waals surface area contributed by atoms with E-state index in [9.17, 15) is 0 Å². The maximum Gasteiger partial charge on any atom is 0.129 e. The Kier molecular flexibility index (Phi) is 7.71. The van der Waals surface area contributed by atoms with E-state index in [-0.39, 0.29) is 6.61 Å². The fourth-order valence-electron chi connectivity index (χ4n) is 0.947. The largest absolute Gasteiger partial charge is 0.467 e. The van der Waals surface area contributed by atoms with Crippen molar-refractivity contribution in [3.05, 3.63) is 24.2 Å². The lowest BCUT2D eigenvalue weighted by atomic mass is 10.5. The Morgan fingerprint density at radius 2 is 1.86 bits per heavy atom. The van der Waals surface area contributed by atoms with Crippen LogP contribution in [0.15, 0.2) is 22.8 Å². The fourth-order valence-corrected chi connectivity index (χ4v) is 2.04. The van der Waals surface area contributed by atoms with Gasteiger partial charge in [0.05, 0.1) is 6.26 Å². The van der Waals surface area contributed by atoms with Crippen molar-refractivity contribution in [3.63, 3.8) is 0 Å². The Labute approximate surface area is 90.7 Å². The summed E-state index contributed by atoms with van der Waals surface area (Å²) in [5.41, 5.74) is 0. The number of hydrogen-bond acceptors (Lipinski definition) is 3. The Hall–Kier alpha value is -0.410. The second-order valence-electron chi connectivity index (χ2n) is 3.47. The van der Waals surface area contributed by atoms with Crippen LogP contribution in [0.25, 0.3) is 0 Å². The summed E-state index contributed by atoms with van der Waals surface area (Å²) >= 11 is 2.01. The molecule has 0 aliphatic heterocycles. The van der Waals surface area contributed by atoms with Crippen molar-refractivity contribution in [2.24, 2.45) is 0 Å². The number of furan rings is 1. The van der Waals surface area contributed by atoms with Gasteiger partial charge in [-0.25, -0.2) is 0 Å². The Morgan fingerprint density at radius 1 is 1.29 bits per heavy atom. The van der Waals surface area contributed by atoms with Crippen molar-refractivity contribution >= 4 is 11.8 Å². The van der Waals surface area contributed by atoms with Gasteiger partial charge < -0.3 is 9.52 Å². The maximum atomic E-state index is 8.33. The van der Waals surface area contributed by atoms with Crippen LogP contribution in [0.3, 0.4) is 0 Å². The predicted octanol–water partition coefficient (Wildman–Crippen LogP) is 3.31.